The molecule has 1 fully saturated rings. The Labute approximate surface area is 200 Å². The predicted octanol–water partition coefficient (Wildman–Crippen LogP) is 7.02. The molecule has 7 heteroatoms. The zero-order valence-electron chi connectivity index (χ0n) is 17.8. The van der Waals surface area contributed by atoms with Gasteiger partial charge in [0, 0.05) is 0 Å². The van der Waals surface area contributed by atoms with Gasteiger partial charge in [0.25, 0.3) is 5.91 Å². The van der Waals surface area contributed by atoms with Crippen molar-refractivity contribution in [3.63, 3.8) is 0 Å². The van der Waals surface area contributed by atoms with E-state index in [1.165, 1.54) is 11.8 Å². The fourth-order valence-corrected chi connectivity index (χ4v) is 4.54. The van der Waals surface area contributed by atoms with Gasteiger partial charge in [-0.05, 0) is 89.1 Å². The number of hydrogen-bond donors (Lipinski definition) is 0. The van der Waals surface area contributed by atoms with Crippen molar-refractivity contribution in [3.05, 3.63) is 87.6 Å². The number of furan rings is 1. The normalized spacial score (nSPS) is 17.3. The van der Waals surface area contributed by atoms with E-state index in [1.807, 2.05) is 73.7 Å². The van der Waals surface area contributed by atoms with Crippen LogP contribution in [0.2, 0.25) is 0 Å². The van der Waals surface area contributed by atoms with Gasteiger partial charge in [0.2, 0.25) is 0 Å². The summed E-state index contributed by atoms with van der Waals surface area (Å²) in [6, 6.07) is 19.1. The highest BCUT2D eigenvalue weighted by atomic mass is 79.9. The third-order valence-corrected chi connectivity index (χ3v) is 6.55. The number of nitrogens with zero attached hydrogens (tertiary/aromatic N) is 2. The number of para-hydroxylation sites is 1. The molecule has 0 bridgehead atoms. The van der Waals surface area contributed by atoms with E-state index in [-0.39, 0.29) is 12.0 Å². The van der Waals surface area contributed by atoms with Crippen molar-refractivity contribution in [2.24, 2.45) is 4.99 Å². The number of amides is 1. The lowest BCUT2D eigenvalue weighted by Crippen LogP contribution is -2.28. The average molecular weight is 511 g/mol. The van der Waals surface area contributed by atoms with Crippen LogP contribution in [-0.2, 0) is 11.3 Å². The van der Waals surface area contributed by atoms with Crippen LogP contribution in [-0.4, -0.2) is 22.1 Å². The second kappa shape index (κ2) is 10.2. The van der Waals surface area contributed by atoms with Gasteiger partial charge in [0.15, 0.2) is 5.17 Å². The lowest BCUT2D eigenvalue weighted by atomic mass is 10.2. The van der Waals surface area contributed by atoms with E-state index >= 15 is 0 Å². The zero-order chi connectivity index (χ0) is 22.5. The lowest BCUT2D eigenvalue weighted by Gasteiger charge is -2.14. The Kier molecular flexibility index (Phi) is 7.17. The fraction of sp³-hybridized carbons (Fsp3) is 0.200. The molecule has 0 radical (unpaired) electrons. The molecular formula is C25H23BrN2O3S. The molecule has 32 heavy (non-hydrogen) atoms. The third kappa shape index (κ3) is 5.34. The quantitative estimate of drug-likeness (QED) is 0.320. The summed E-state index contributed by atoms with van der Waals surface area (Å²) in [6.07, 6.45) is 4.55. The van der Waals surface area contributed by atoms with Gasteiger partial charge in [-0.15, -0.1) is 0 Å². The Morgan fingerprint density at radius 1 is 1.19 bits per heavy atom. The van der Waals surface area contributed by atoms with E-state index in [0.717, 1.165) is 27.9 Å². The summed E-state index contributed by atoms with van der Waals surface area (Å²) in [4.78, 5) is 20.2. The molecule has 4 rings (SSSR count). The van der Waals surface area contributed by atoms with Gasteiger partial charge in [-0.1, -0.05) is 31.2 Å². The van der Waals surface area contributed by atoms with Gasteiger partial charge < -0.3 is 9.15 Å². The number of benzene rings is 2. The molecule has 1 amide bonds. The predicted molar refractivity (Wildman–Crippen MR) is 133 cm³/mol. The highest BCUT2D eigenvalue weighted by molar-refractivity contribution is 9.10. The molecule has 2 heterocycles. The summed E-state index contributed by atoms with van der Waals surface area (Å²) in [5.41, 5.74) is 1.70. The van der Waals surface area contributed by atoms with Crippen LogP contribution >= 0.6 is 27.7 Å². The number of carbonyl (C=O) groups excluding carboxylic acids is 1. The number of thioether (sulfide) groups is 1. The fourth-order valence-electron chi connectivity index (χ4n) is 3.06. The van der Waals surface area contributed by atoms with E-state index in [9.17, 15) is 4.79 Å². The maximum Gasteiger partial charge on any atom is 0.267 e. The number of ether oxygens (including phenoxy) is 1. The topological polar surface area (TPSA) is 55.0 Å². The Morgan fingerprint density at radius 2 is 2.00 bits per heavy atom. The molecule has 0 unspecified atom stereocenters. The minimum Gasteiger partial charge on any atom is -0.490 e. The monoisotopic (exact) mass is 510 g/mol. The summed E-state index contributed by atoms with van der Waals surface area (Å²) in [7, 11) is 0. The van der Waals surface area contributed by atoms with Crippen molar-refractivity contribution in [2.75, 3.05) is 0 Å². The molecule has 1 aliphatic rings. The molecular weight excluding hydrogens is 488 g/mol. The van der Waals surface area contributed by atoms with Crippen molar-refractivity contribution in [2.45, 2.75) is 32.9 Å². The van der Waals surface area contributed by atoms with E-state index in [1.54, 1.807) is 11.2 Å². The summed E-state index contributed by atoms with van der Waals surface area (Å²) in [5, 5.41) is 0.625. The number of carbonyl (C=O) groups is 1. The van der Waals surface area contributed by atoms with E-state index in [0.29, 0.717) is 22.4 Å². The molecule has 2 aromatic carbocycles. The van der Waals surface area contributed by atoms with Gasteiger partial charge in [-0.25, -0.2) is 4.99 Å². The second-order valence-electron chi connectivity index (χ2n) is 7.34. The summed E-state index contributed by atoms with van der Waals surface area (Å²) < 4.78 is 12.2. The second-order valence-corrected chi connectivity index (χ2v) is 9.20. The molecule has 164 valence electrons. The molecule has 0 aliphatic carbocycles. The van der Waals surface area contributed by atoms with Gasteiger partial charge in [0.1, 0.15) is 11.5 Å². The average Bonchev–Trinajstić information content (AvgIpc) is 3.41. The van der Waals surface area contributed by atoms with Crippen molar-refractivity contribution in [1.29, 1.82) is 0 Å². The smallest absolute Gasteiger partial charge is 0.267 e. The minimum absolute atomic E-state index is 0.0999. The largest absolute Gasteiger partial charge is 0.490 e. The molecule has 5 nitrogen and oxygen atoms in total. The van der Waals surface area contributed by atoms with E-state index in [4.69, 9.17) is 14.1 Å². The molecule has 3 aromatic rings. The van der Waals surface area contributed by atoms with E-state index < -0.39 is 0 Å². The number of aliphatic imine (C=N–C) groups is 1. The molecule has 1 saturated heterocycles. The standard InChI is InChI=1S/C25H23BrN2O3S/c1-3-17(2)31-22-12-11-18(14-21(22)26)15-23-24(29)28(16-20-10-7-13-30-20)25(32-23)27-19-8-5-4-6-9-19/h4-15,17H,3,16H2,1-2H3/b23-15-,27-25?/t17-/m1/s1. The zero-order valence-corrected chi connectivity index (χ0v) is 20.2. The van der Waals surface area contributed by atoms with Gasteiger partial charge in [-0.2, -0.15) is 0 Å². The first-order chi connectivity index (χ1) is 15.5. The Bertz CT molecular complexity index is 1140. The van der Waals surface area contributed by atoms with Crippen LogP contribution in [0.3, 0.4) is 0 Å². The summed E-state index contributed by atoms with van der Waals surface area (Å²) in [6.45, 7) is 4.45. The van der Waals surface area contributed by atoms with Crippen LogP contribution in [0.25, 0.3) is 6.08 Å². The van der Waals surface area contributed by atoms with Gasteiger partial charge in [0.05, 0.1) is 34.0 Å². The molecule has 0 N–H and O–H groups in total. The number of rotatable bonds is 7. The number of amidine groups is 1. The minimum atomic E-state index is -0.0999. The third-order valence-electron chi connectivity index (χ3n) is 4.92. The van der Waals surface area contributed by atoms with Crippen LogP contribution in [0, 0.1) is 0 Å². The highest BCUT2D eigenvalue weighted by Gasteiger charge is 2.34. The Morgan fingerprint density at radius 3 is 2.69 bits per heavy atom. The van der Waals surface area contributed by atoms with E-state index in [2.05, 4.69) is 22.9 Å². The van der Waals surface area contributed by atoms with Crippen LogP contribution in [0.1, 0.15) is 31.6 Å². The molecule has 0 saturated carbocycles. The molecule has 1 aromatic heterocycles. The van der Waals surface area contributed by atoms with Gasteiger partial charge >= 0.3 is 0 Å². The van der Waals surface area contributed by atoms with Crippen molar-refractivity contribution in [1.82, 2.24) is 4.90 Å². The van der Waals surface area contributed by atoms with Crippen LogP contribution in [0.15, 0.2) is 85.7 Å². The SMILES string of the molecule is CC[C@@H](C)Oc1ccc(/C=C2\SC(=Nc3ccccc3)N(Cc3ccco3)C2=O)cc1Br. The molecule has 1 aliphatic heterocycles. The first kappa shape index (κ1) is 22.4. The summed E-state index contributed by atoms with van der Waals surface area (Å²) >= 11 is 4.95. The Balaban J connectivity index is 1.63. The first-order valence-electron chi connectivity index (χ1n) is 10.4. The van der Waals surface area contributed by atoms with Crippen molar-refractivity contribution < 1.29 is 13.9 Å². The summed E-state index contributed by atoms with van der Waals surface area (Å²) in [5.74, 6) is 1.39. The lowest BCUT2D eigenvalue weighted by molar-refractivity contribution is -0.122. The maximum absolute atomic E-state index is 13.3. The number of hydrogen-bond acceptors (Lipinski definition) is 5. The van der Waals surface area contributed by atoms with Crippen molar-refractivity contribution in [3.8, 4) is 5.75 Å². The Hall–Kier alpha value is -2.77. The highest BCUT2D eigenvalue weighted by Crippen LogP contribution is 2.36. The van der Waals surface area contributed by atoms with Crippen LogP contribution < -0.4 is 4.74 Å². The van der Waals surface area contributed by atoms with Gasteiger partial charge in [-0.3, -0.25) is 9.69 Å². The molecule has 0 spiro atoms. The van der Waals surface area contributed by atoms with Crippen LogP contribution in [0.5, 0.6) is 5.75 Å². The first-order valence-corrected chi connectivity index (χ1v) is 12.0. The number of halogens is 1. The van der Waals surface area contributed by atoms with Crippen LogP contribution in [0.4, 0.5) is 5.69 Å². The molecule has 1 atom stereocenters. The van der Waals surface area contributed by atoms with Crippen molar-refractivity contribution >= 4 is 50.5 Å². The maximum atomic E-state index is 13.3.